The van der Waals surface area contributed by atoms with E-state index in [4.69, 9.17) is 4.98 Å². The molecule has 6 nitrogen and oxygen atoms in total. The van der Waals surface area contributed by atoms with Crippen molar-refractivity contribution in [1.29, 1.82) is 0 Å². The van der Waals surface area contributed by atoms with Crippen molar-refractivity contribution in [2.45, 2.75) is 45.6 Å². The molecule has 1 aliphatic heterocycles. The molecule has 2 atom stereocenters. The molecule has 1 saturated carbocycles. The summed E-state index contributed by atoms with van der Waals surface area (Å²) in [6.07, 6.45) is 8.79. The Morgan fingerprint density at radius 1 is 1.03 bits per heavy atom. The zero-order valence-corrected chi connectivity index (χ0v) is 17.8. The summed E-state index contributed by atoms with van der Waals surface area (Å²) in [6, 6.07) is 6.52. The van der Waals surface area contributed by atoms with Crippen LogP contribution in [-0.4, -0.2) is 70.1 Å². The molecule has 29 heavy (non-hydrogen) atoms. The van der Waals surface area contributed by atoms with E-state index in [9.17, 15) is 0 Å². The number of piperazine rings is 1. The van der Waals surface area contributed by atoms with Crippen LogP contribution in [0.25, 0.3) is 11.3 Å². The molecule has 0 bridgehead atoms. The highest BCUT2D eigenvalue weighted by Gasteiger charge is 2.25. The van der Waals surface area contributed by atoms with Crippen LogP contribution in [0, 0.1) is 12.8 Å². The number of aryl methyl sites for hydroxylation is 1. The van der Waals surface area contributed by atoms with Crippen LogP contribution in [0.15, 0.2) is 30.6 Å². The summed E-state index contributed by atoms with van der Waals surface area (Å²) in [5.41, 5.74) is 2.98. The maximum Gasteiger partial charge on any atom is 0.223 e. The standard InChI is InChI=1S/C23H34N6/c1-3-28-11-13-29(14-12-28)17-19-5-4-6-21(15-19)26-23-24-10-9-22(27-23)20-8-7-18(2)25-16-20/h7-10,16,19,21H,3-6,11-15,17H2,1-2H3,(H,24,26,27). The largest absolute Gasteiger partial charge is 0.351 e. The monoisotopic (exact) mass is 394 g/mol. The highest BCUT2D eigenvalue weighted by molar-refractivity contribution is 5.58. The average Bonchev–Trinajstić information content (AvgIpc) is 2.75. The lowest BCUT2D eigenvalue weighted by molar-refractivity contribution is 0.112. The van der Waals surface area contributed by atoms with Gasteiger partial charge in [-0.05, 0) is 56.8 Å². The van der Waals surface area contributed by atoms with Crippen molar-refractivity contribution < 1.29 is 0 Å². The number of nitrogens with zero attached hydrogens (tertiary/aromatic N) is 5. The first-order valence-corrected chi connectivity index (χ1v) is 11.2. The van der Waals surface area contributed by atoms with Gasteiger partial charge in [0.05, 0.1) is 5.69 Å². The predicted octanol–water partition coefficient (Wildman–Crippen LogP) is 3.46. The van der Waals surface area contributed by atoms with Crippen LogP contribution in [0.1, 0.15) is 38.3 Å². The van der Waals surface area contributed by atoms with Gasteiger partial charge in [-0.2, -0.15) is 0 Å². The number of nitrogens with one attached hydrogen (secondary N) is 1. The van der Waals surface area contributed by atoms with Crippen LogP contribution in [-0.2, 0) is 0 Å². The minimum atomic E-state index is 0.470. The number of hydrogen-bond acceptors (Lipinski definition) is 6. The summed E-state index contributed by atoms with van der Waals surface area (Å²) in [5, 5.41) is 3.62. The lowest BCUT2D eigenvalue weighted by atomic mass is 9.85. The Kier molecular flexibility index (Phi) is 6.72. The molecule has 2 fully saturated rings. The van der Waals surface area contributed by atoms with Gasteiger partial charge in [0.15, 0.2) is 0 Å². The third kappa shape index (κ3) is 5.52. The predicted molar refractivity (Wildman–Crippen MR) is 118 cm³/mol. The maximum absolute atomic E-state index is 4.75. The average molecular weight is 395 g/mol. The Bertz CT molecular complexity index is 769. The number of aromatic nitrogens is 3. The molecule has 0 radical (unpaired) electrons. The second-order valence-electron chi connectivity index (χ2n) is 8.56. The normalized spacial score (nSPS) is 23.8. The molecule has 6 heteroatoms. The number of rotatable bonds is 6. The van der Waals surface area contributed by atoms with Crippen molar-refractivity contribution in [2.75, 3.05) is 44.6 Å². The van der Waals surface area contributed by atoms with E-state index in [2.05, 4.69) is 38.1 Å². The number of hydrogen-bond donors (Lipinski definition) is 1. The van der Waals surface area contributed by atoms with Gasteiger partial charge in [-0.1, -0.05) is 13.3 Å². The zero-order chi connectivity index (χ0) is 20.1. The molecule has 2 aromatic rings. The fourth-order valence-electron chi connectivity index (χ4n) is 4.63. The summed E-state index contributed by atoms with van der Waals surface area (Å²) in [7, 11) is 0. The number of likely N-dealkylation sites (N-methyl/N-ethyl adjacent to an activating group) is 1. The molecule has 3 heterocycles. The van der Waals surface area contributed by atoms with Crippen molar-refractivity contribution >= 4 is 5.95 Å². The van der Waals surface area contributed by atoms with Gasteiger partial charge in [0.2, 0.25) is 5.95 Å². The molecule has 0 spiro atoms. The van der Waals surface area contributed by atoms with E-state index >= 15 is 0 Å². The molecule has 0 amide bonds. The molecule has 0 aromatic carbocycles. The van der Waals surface area contributed by atoms with Gasteiger partial charge < -0.3 is 15.1 Å². The smallest absolute Gasteiger partial charge is 0.223 e. The molecular formula is C23H34N6. The van der Waals surface area contributed by atoms with Gasteiger partial charge in [-0.15, -0.1) is 0 Å². The minimum Gasteiger partial charge on any atom is -0.351 e. The SMILES string of the molecule is CCN1CCN(CC2CCCC(Nc3nccc(-c4ccc(C)nc4)n3)C2)CC1. The Hall–Kier alpha value is -2.05. The number of anilines is 1. The van der Waals surface area contributed by atoms with Crippen molar-refractivity contribution in [2.24, 2.45) is 5.92 Å². The van der Waals surface area contributed by atoms with Gasteiger partial charge in [-0.3, -0.25) is 4.98 Å². The van der Waals surface area contributed by atoms with Gasteiger partial charge in [0.25, 0.3) is 0 Å². The molecular weight excluding hydrogens is 360 g/mol. The molecule has 1 N–H and O–H groups in total. The van der Waals surface area contributed by atoms with Crippen LogP contribution in [0.5, 0.6) is 0 Å². The van der Waals surface area contributed by atoms with E-state index in [-0.39, 0.29) is 0 Å². The summed E-state index contributed by atoms with van der Waals surface area (Å²) in [6.45, 7) is 11.6. The van der Waals surface area contributed by atoms with Gasteiger partial charge in [-0.25, -0.2) is 9.97 Å². The third-order valence-electron chi connectivity index (χ3n) is 6.41. The second-order valence-corrected chi connectivity index (χ2v) is 8.56. The topological polar surface area (TPSA) is 57.2 Å². The van der Waals surface area contributed by atoms with Crippen LogP contribution in [0.3, 0.4) is 0 Å². The highest BCUT2D eigenvalue weighted by atomic mass is 15.3. The molecule has 1 saturated heterocycles. The minimum absolute atomic E-state index is 0.470. The van der Waals surface area contributed by atoms with E-state index in [0.717, 1.165) is 28.8 Å². The van der Waals surface area contributed by atoms with Crippen LogP contribution in [0.4, 0.5) is 5.95 Å². The second kappa shape index (κ2) is 9.63. The maximum atomic E-state index is 4.75. The number of pyridine rings is 1. The fourth-order valence-corrected chi connectivity index (χ4v) is 4.63. The van der Waals surface area contributed by atoms with Crippen LogP contribution < -0.4 is 5.32 Å². The van der Waals surface area contributed by atoms with Gasteiger partial charge in [0.1, 0.15) is 0 Å². The van der Waals surface area contributed by atoms with E-state index in [0.29, 0.717) is 6.04 Å². The van der Waals surface area contributed by atoms with Crippen molar-refractivity contribution in [3.8, 4) is 11.3 Å². The fraction of sp³-hybridized carbons (Fsp3) is 0.609. The van der Waals surface area contributed by atoms with E-state index < -0.39 is 0 Å². The van der Waals surface area contributed by atoms with Crippen molar-refractivity contribution in [1.82, 2.24) is 24.8 Å². The Morgan fingerprint density at radius 2 is 1.86 bits per heavy atom. The summed E-state index contributed by atoms with van der Waals surface area (Å²) in [4.78, 5) is 18.8. The Balaban J connectivity index is 1.32. The zero-order valence-electron chi connectivity index (χ0n) is 17.8. The molecule has 2 aromatic heterocycles. The van der Waals surface area contributed by atoms with E-state index in [1.54, 1.807) is 0 Å². The van der Waals surface area contributed by atoms with Gasteiger partial charge >= 0.3 is 0 Å². The molecule has 156 valence electrons. The lowest BCUT2D eigenvalue weighted by Gasteiger charge is -2.38. The van der Waals surface area contributed by atoms with E-state index in [1.165, 1.54) is 65.0 Å². The van der Waals surface area contributed by atoms with Gasteiger partial charge in [0, 0.05) is 62.4 Å². The molecule has 2 aliphatic rings. The third-order valence-corrected chi connectivity index (χ3v) is 6.41. The Morgan fingerprint density at radius 3 is 2.62 bits per heavy atom. The first-order valence-electron chi connectivity index (χ1n) is 11.2. The molecule has 2 unspecified atom stereocenters. The highest BCUT2D eigenvalue weighted by Crippen LogP contribution is 2.27. The summed E-state index contributed by atoms with van der Waals surface area (Å²) in [5.74, 6) is 1.52. The summed E-state index contributed by atoms with van der Waals surface area (Å²) < 4.78 is 0. The van der Waals surface area contributed by atoms with Crippen molar-refractivity contribution in [3.05, 3.63) is 36.3 Å². The first kappa shape index (κ1) is 20.2. The Labute approximate surface area is 174 Å². The quantitative estimate of drug-likeness (QED) is 0.810. The lowest BCUT2D eigenvalue weighted by Crippen LogP contribution is -2.48. The van der Waals surface area contributed by atoms with E-state index in [1.807, 2.05) is 31.5 Å². The van der Waals surface area contributed by atoms with Crippen LogP contribution >= 0.6 is 0 Å². The first-order chi connectivity index (χ1) is 14.2. The molecule has 4 rings (SSSR count). The van der Waals surface area contributed by atoms with Crippen LogP contribution in [0.2, 0.25) is 0 Å². The summed E-state index contributed by atoms with van der Waals surface area (Å²) >= 11 is 0. The van der Waals surface area contributed by atoms with Crippen molar-refractivity contribution in [3.63, 3.8) is 0 Å². The molecule has 1 aliphatic carbocycles.